The first-order chi connectivity index (χ1) is 20.0. The molecule has 2 aromatic carbocycles. The molecular weight excluding hydrogens is 516 g/mol. The normalized spacial score (nSPS) is 18.5. The summed E-state index contributed by atoms with van der Waals surface area (Å²) in [6.07, 6.45) is 6.22. The number of hydrogen-bond donors (Lipinski definition) is 4. The second-order valence-electron chi connectivity index (χ2n) is 11.1. The van der Waals surface area contributed by atoms with E-state index in [4.69, 9.17) is 4.74 Å². The fourth-order valence-electron chi connectivity index (χ4n) is 5.52. The van der Waals surface area contributed by atoms with Gasteiger partial charge in [0, 0.05) is 62.2 Å². The highest BCUT2D eigenvalue weighted by molar-refractivity contribution is 5.85. The van der Waals surface area contributed by atoms with Crippen LogP contribution in [-0.2, 0) is 29.0 Å². The minimum absolute atomic E-state index is 0.0961. The Labute approximate surface area is 243 Å². The molecular formula is C33H46N4O4. The van der Waals surface area contributed by atoms with Gasteiger partial charge in [0.25, 0.3) is 0 Å². The number of carbonyl (C=O) groups is 2. The van der Waals surface area contributed by atoms with E-state index in [0.29, 0.717) is 45.5 Å². The molecule has 3 aromatic rings. The van der Waals surface area contributed by atoms with E-state index >= 15 is 0 Å². The minimum atomic E-state index is -0.810. The number of amides is 2. The van der Waals surface area contributed by atoms with Crippen molar-refractivity contribution in [3.63, 3.8) is 0 Å². The molecule has 2 atom stereocenters. The Kier molecular flexibility index (Phi) is 11.6. The summed E-state index contributed by atoms with van der Waals surface area (Å²) in [5.74, 6) is 0.703. The Balaban J connectivity index is 1.51. The molecule has 1 aromatic heterocycles. The number of aromatic amines is 1. The predicted octanol–water partition coefficient (Wildman–Crippen LogP) is 4.49. The van der Waals surface area contributed by atoms with Gasteiger partial charge in [-0.2, -0.15) is 0 Å². The maximum absolute atomic E-state index is 13.1. The van der Waals surface area contributed by atoms with Crippen LogP contribution < -0.4 is 15.4 Å². The van der Waals surface area contributed by atoms with Gasteiger partial charge in [-0.1, -0.05) is 38.1 Å². The number of H-pyrrole nitrogens is 1. The first-order valence-electron chi connectivity index (χ1n) is 15.2. The van der Waals surface area contributed by atoms with Gasteiger partial charge in [0.1, 0.15) is 5.75 Å². The van der Waals surface area contributed by atoms with Crippen molar-refractivity contribution >= 4 is 22.7 Å². The molecule has 0 saturated carbocycles. The summed E-state index contributed by atoms with van der Waals surface area (Å²) in [5, 5.41) is 18.8. The first-order valence-corrected chi connectivity index (χ1v) is 15.2. The van der Waals surface area contributed by atoms with Crippen molar-refractivity contribution in [2.45, 2.75) is 83.9 Å². The van der Waals surface area contributed by atoms with Crippen LogP contribution in [0.1, 0.15) is 69.1 Å². The summed E-state index contributed by atoms with van der Waals surface area (Å²) in [6.45, 7) is 7.16. The van der Waals surface area contributed by atoms with E-state index in [1.165, 1.54) is 5.56 Å². The summed E-state index contributed by atoms with van der Waals surface area (Å²) in [5.41, 5.74) is 4.41. The number of benzene rings is 2. The number of nitrogens with zero attached hydrogens (tertiary/aromatic N) is 1. The van der Waals surface area contributed by atoms with Crippen molar-refractivity contribution in [2.75, 3.05) is 26.2 Å². The molecule has 0 spiro atoms. The van der Waals surface area contributed by atoms with Crippen molar-refractivity contribution < 1.29 is 19.4 Å². The molecule has 0 fully saturated rings. The van der Waals surface area contributed by atoms with Crippen LogP contribution in [0.5, 0.6) is 5.75 Å². The molecule has 2 heterocycles. The molecule has 41 heavy (non-hydrogen) atoms. The second-order valence-corrected chi connectivity index (χ2v) is 11.1. The maximum atomic E-state index is 13.1. The van der Waals surface area contributed by atoms with Crippen molar-refractivity contribution in [1.82, 2.24) is 20.5 Å². The molecule has 2 unspecified atom stereocenters. The van der Waals surface area contributed by atoms with Crippen LogP contribution >= 0.6 is 0 Å². The molecule has 4 rings (SSSR count). The van der Waals surface area contributed by atoms with Crippen LogP contribution in [-0.4, -0.2) is 65.2 Å². The van der Waals surface area contributed by atoms with Gasteiger partial charge >= 0.3 is 0 Å². The Morgan fingerprint density at radius 3 is 2.76 bits per heavy atom. The van der Waals surface area contributed by atoms with Crippen LogP contribution in [0.25, 0.3) is 10.9 Å². The zero-order chi connectivity index (χ0) is 29.0. The average Bonchev–Trinajstić information content (AvgIpc) is 3.45. The standard InChI is InChI=1S/C33H46N4O4/c1-3-15-37-16-5-6-17-41-27-19-26(28-13-14-35-29(28)21-27)20-30(36-32(39)11-8-12-33(37)40)31(38)23-34-22-25-10-7-9-24(4-2)18-25/h7,9-10,13-14,18-19,21,30-31,34-35,38H,3-6,8,11-12,15-17,20,22-23H2,1-2H3,(H,36,39). The largest absolute Gasteiger partial charge is 0.494 e. The monoisotopic (exact) mass is 562 g/mol. The number of aromatic nitrogens is 1. The lowest BCUT2D eigenvalue weighted by Gasteiger charge is -2.25. The topological polar surface area (TPSA) is 107 Å². The number of ether oxygens (including phenoxy) is 1. The molecule has 1 aliphatic heterocycles. The van der Waals surface area contributed by atoms with Gasteiger partial charge in [0.2, 0.25) is 11.8 Å². The Bertz CT molecular complexity index is 1270. The van der Waals surface area contributed by atoms with E-state index in [0.717, 1.165) is 60.0 Å². The van der Waals surface area contributed by atoms with E-state index in [9.17, 15) is 14.7 Å². The molecule has 8 heteroatoms. The third-order valence-electron chi connectivity index (χ3n) is 7.79. The van der Waals surface area contributed by atoms with Crippen LogP contribution in [0.15, 0.2) is 48.7 Å². The number of aliphatic hydroxyl groups is 1. The van der Waals surface area contributed by atoms with Crippen molar-refractivity contribution in [1.29, 1.82) is 0 Å². The number of aliphatic hydroxyl groups excluding tert-OH is 1. The quantitative estimate of drug-likeness (QED) is 0.324. The van der Waals surface area contributed by atoms with Crippen LogP contribution in [0, 0.1) is 0 Å². The lowest BCUT2D eigenvalue weighted by Crippen LogP contribution is -2.48. The van der Waals surface area contributed by atoms with Gasteiger partial charge < -0.3 is 30.4 Å². The number of hydrogen-bond acceptors (Lipinski definition) is 5. The van der Waals surface area contributed by atoms with Gasteiger partial charge in [-0.25, -0.2) is 0 Å². The zero-order valence-corrected chi connectivity index (χ0v) is 24.6. The zero-order valence-electron chi connectivity index (χ0n) is 24.6. The number of rotatable bonds is 8. The van der Waals surface area contributed by atoms with Gasteiger partial charge in [0.15, 0.2) is 0 Å². The van der Waals surface area contributed by atoms with Gasteiger partial charge in [0.05, 0.1) is 18.8 Å². The fraction of sp³-hybridized carbons (Fsp3) is 0.515. The Hall–Kier alpha value is -3.36. The molecule has 0 saturated heterocycles. The van der Waals surface area contributed by atoms with Gasteiger partial charge in [-0.3, -0.25) is 9.59 Å². The molecule has 2 bridgehead atoms. The molecule has 1 aliphatic rings. The summed E-state index contributed by atoms with van der Waals surface area (Å²) in [4.78, 5) is 31.1. The van der Waals surface area contributed by atoms with Crippen LogP contribution in [0.3, 0.4) is 0 Å². The third-order valence-corrected chi connectivity index (χ3v) is 7.79. The SMILES string of the molecule is CCCN1CCCCOc2cc(c3cc[nH]c3c2)CC(C(O)CNCc2cccc(CC)c2)NC(=O)CCCC1=O. The van der Waals surface area contributed by atoms with E-state index < -0.39 is 12.1 Å². The number of aryl methyl sites for hydroxylation is 1. The van der Waals surface area contributed by atoms with Crippen LogP contribution in [0.4, 0.5) is 0 Å². The van der Waals surface area contributed by atoms with Crippen LogP contribution in [0.2, 0.25) is 0 Å². The molecule has 0 aliphatic carbocycles. The van der Waals surface area contributed by atoms with Gasteiger partial charge in [-0.05, 0) is 67.3 Å². The number of carbonyl (C=O) groups excluding carboxylic acids is 2. The maximum Gasteiger partial charge on any atom is 0.222 e. The lowest BCUT2D eigenvalue weighted by atomic mass is 9.97. The summed E-state index contributed by atoms with van der Waals surface area (Å²) >= 11 is 0. The molecule has 4 N–H and O–H groups in total. The summed E-state index contributed by atoms with van der Waals surface area (Å²) in [7, 11) is 0. The minimum Gasteiger partial charge on any atom is -0.494 e. The molecule has 0 radical (unpaired) electrons. The highest BCUT2D eigenvalue weighted by Gasteiger charge is 2.24. The van der Waals surface area contributed by atoms with Crippen molar-refractivity contribution in [3.05, 3.63) is 65.4 Å². The smallest absolute Gasteiger partial charge is 0.222 e. The molecule has 222 valence electrons. The summed E-state index contributed by atoms with van der Waals surface area (Å²) < 4.78 is 6.14. The lowest BCUT2D eigenvalue weighted by molar-refractivity contribution is -0.131. The molecule has 8 nitrogen and oxygen atoms in total. The fourth-order valence-corrected chi connectivity index (χ4v) is 5.52. The van der Waals surface area contributed by atoms with E-state index in [-0.39, 0.29) is 18.2 Å². The predicted molar refractivity (Wildman–Crippen MR) is 163 cm³/mol. The van der Waals surface area contributed by atoms with E-state index in [1.807, 2.05) is 29.3 Å². The number of fused-ring (bicyclic) bond motifs is 4. The molecule has 2 amide bonds. The number of nitrogens with one attached hydrogen (secondary N) is 3. The van der Waals surface area contributed by atoms with Crippen molar-refractivity contribution in [3.8, 4) is 5.75 Å². The van der Waals surface area contributed by atoms with Crippen molar-refractivity contribution in [2.24, 2.45) is 0 Å². The van der Waals surface area contributed by atoms with E-state index in [2.05, 4.69) is 53.7 Å². The Morgan fingerprint density at radius 2 is 1.93 bits per heavy atom. The second kappa shape index (κ2) is 15.6. The average molecular weight is 563 g/mol. The van der Waals surface area contributed by atoms with E-state index in [1.54, 1.807) is 0 Å². The van der Waals surface area contributed by atoms with Gasteiger partial charge in [-0.15, -0.1) is 0 Å². The third kappa shape index (κ3) is 9.07. The highest BCUT2D eigenvalue weighted by atomic mass is 16.5. The highest BCUT2D eigenvalue weighted by Crippen LogP contribution is 2.27. The summed E-state index contributed by atoms with van der Waals surface area (Å²) in [6, 6.07) is 14.0. The first kappa shape index (κ1) is 30.6. The Morgan fingerprint density at radius 1 is 1.07 bits per heavy atom.